The Labute approximate surface area is 325 Å². The molecule has 0 saturated carbocycles. The predicted octanol–water partition coefficient (Wildman–Crippen LogP) is 12.1. The largest absolute Gasteiger partial charge is 0.337 e. The van der Waals surface area contributed by atoms with Gasteiger partial charge in [0.05, 0.1) is 41.6 Å². The molecule has 0 radical (unpaired) electrons. The molecule has 0 fully saturated rings. The molecule has 0 aliphatic heterocycles. The number of aromatic amines is 2. The van der Waals surface area contributed by atoms with E-state index in [9.17, 15) is 20.2 Å². The van der Waals surface area contributed by atoms with Crippen LogP contribution in [0.4, 0.5) is 11.4 Å². The molecular formula is C42H26Br2N6O4. The van der Waals surface area contributed by atoms with Gasteiger partial charge in [0.25, 0.3) is 11.4 Å². The van der Waals surface area contributed by atoms with Gasteiger partial charge >= 0.3 is 0 Å². The minimum atomic E-state index is -0.422. The molecule has 10 nitrogen and oxygen atoms in total. The minimum Gasteiger partial charge on any atom is -0.337 e. The van der Waals surface area contributed by atoms with Crippen LogP contribution >= 0.6 is 31.9 Å². The fourth-order valence-corrected chi connectivity index (χ4v) is 7.09. The molecule has 12 heteroatoms. The lowest BCUT2D eigenvalue weighted by molar-refractivity contribution is -0.385. The van der Waals surface area contributed by atoms with Crippen LogP contribution in [0.3, 0.4) is 0 Å². The molecule has 6 aromatic carbocycles. The average Bonchev–Trinajstić information content (AvgIpc) is 3.85. The van der Waals surface area contributed by atoms with Gasteiger partial charge in [-0.3, -0.25) is 20.2 Å². The summed E-state index contributed by atoms with van der Waals surface area (Å²) in [6.07, 6.45) is 0. The zero-order chi connectivity index (χ0) is 37.3. The van der Waals surface area contributed by atoms with Gasteiger partial charge in [-0.25, -0.2) is 9.97 Å². The van der Waals surface area contributed by atoms with E-state index in [0.29, 0.717) is 31.7 Å². The van der Waals surface area contributed by atoms with Crippen LogP contribution in [0.15, 0.2) is 155 Å². The third-order valence-electron chi connectivity index (χ3n) is 9.02. The topological polar surface area (TPSA) is 144 Å². The molecule has 0 saturated heterocycles. The van der Waals surface area contributed by atoms with Gasteiger partial charge in [-0.1, -0.05) is 109 Å². The number of hydrogen-bond donors (Lipinski definition) is 2. The second kappa shape index (κ2) is 14.5. The summed E-state index contributed by atoms with van der Waals surface area (Å²) in [4.78, 5) is 39.1. The van der Waals surface area contributed by atoms with Crippen LogP contribution in [0.1, 0.15) is 0 Å². The zero-order valence-corrected chi connectivity index (χ0v) is 31.2. The van der Waals surface area contributed by atoms with Crippen molar-refractivity contribution >= 4 is 43.2 Å². The van der Waals surface area contributed by atoms with Crippen molar-refractivity contribution < 1.29 is 9.85 Å². The van der Waals surface area contributed by atoms with Crippen LogP contribution in [0.5, 0.6) is 0 Å². The summed E-state index contributed by atoms with van der Waals surface area (Å²) < 4.78 is 0.796. The molecule has 8 rings (SSSR count). The first-order valence-corrected chi connectivity index (χ1v) is 18.2. The van der Waals surface area contributed by atoms with Gasteiger partial charge in [-0.15, -0.1) is 0 Å². The fraction of sp³-hybridized carbons (Fsp3) is 0. The molecule has 8 aromatic rings. The standard InChI is InChI=1S/C42H26Br2N6O4/c43-33-21-19-31(23-35(33)49(51)52)41-45-37(27-7-3-1-4-8-27)39(47-41)29-15-11-25(12-16-29)26-13-17-30(18-14-26)40-38(28-9-5-2-6-10-28)46-42(48-40)32-20-22-34(44)36(24-32)50(53)54/h1-24H,(H,45,47)(H,46,48). The van der Waals surface area contributed by atoms with Crippen molar-refractivity contribution in [3.8, 4) is 78.9 Å². The van der Waals surface area contributed by atoms with E-state index in [2.05, 4.69) is 41.8 Å². The first-order chi connectivity index (χ1) is 26.2. The second-order valence-electron chi connectivity index (χ2n) is 12.4. The average molecular weight is 839 g/mol. The van der Waals surface area contributed by atoms with Gasteiger partial charge in [0, 0.05) is 45.5 Å². The highest BCUT2D eigenvalue weighted by Crippen LogP contribution is 2.38. The van der Waals surface area contributed by atoms with Gasteiger partial charge in [0.2, 0.25) is 0 Å². The van der Waals surface area contributed by atoms with Crippen molar-refractivity contribution in [1.82, 2.24) is 19.9 Å². The normalized spacial score (nSPS) is 11.1. The summed E-state index contributed by atoms with van der Waals surface area (Å²) in [5, 5.41) is 23.3. The summed E-state index contributed by atoms with van der Waals surface area (Å²) >= 11 is 6.54. The molecule has 0 unspecified atom stereocenters. The summed E-state index contributed by atoms with van der Waals surface area (Å²) in [7, 11) is 0. The number of imidazole rings is 2. The third-order valence-corrected chi connectivity index (χ3v) is 10.4. The van der Waals surface area contributed by atoms with Crippen molar-refractivity contribution in [3.05, 3.63) is 175 Å². The highest BCUT2D eigenvalue weighted by molar-refractivity contribution is 9.11. The molecule has 0 bridgehead atoms. The number of nitrogens with one attached hydrogen (secondary N) is 2. The van der Waals surface area contributed by atoms with Gasteiger partial charge < -0.3 is 9.97 Å². The molecule has 0 aliphatic rings. The lowest BCUT2D eigenvalue weighted by Gasteiger charge is -2.08. The molecule has 2 N–H and O–H groups in total. The van der Waals surface area contributed by atoms with E-state index in [1.165, 1.54) is 12.1 Å². The Bertz CT molecular complexity index is 2490. The van der Waals surface area contributed by atoms with Crippen molar-refractivity contribution in [2.45, 2.75) is 0 Å². The molecule has 2 aromatic heterocycles. The molecule has 2 heterocycles. The Kier molecular flexibility index (Phi) is 9.28. The van der Waals surface area contributed by atoms with Gasteiger partial charge in [-0.05, 0) is 67.3 Å². The number of benzene rings is 6. The van der Waals surface area contributed by atoms with Crippen LogP contribution in [0, 0.1) is 20.2 Å². The van der Waals surface area contributed by atoms with Gasteiger partial charge in [-0.2, -0.15) is 0 Å². The van der Waals surface area contributed by atoms with Crippen LogP contribution in [-0.4, -0.2) is 29.8 Å². The number of nitro benzene ring substituents is 2. The molecule has 54 heavy (non-hydrogen) atoms. The van der Waals surface area contributed by atoms with E-state index in [1.54, 1.807) is 24.3 Å². The number of H-pyrrole nitrogens is 2. The molecule has 0 amide bonds. The smallest absolute Gasteiger partial charge is 0.284 e. The predicted molar refractivity (Wildman–Crippen MR) is 217 cm³/mol. The first-order valence-electron chi connectivity index (χ1n) is 16.6. The van der Waals surface area contributed by atoms with Crippen LogP contribution in [0.2, 0.25) is 0 Å². The van der Waals surface area contributed by atoms with Crippen LogP contribution in [-0.2, 0) is 0 Å². The molecule has 0 atom stereocenters. The molecule has 0 aliphatic carbocycles. The summed E-state index contributed by atoms with van der Waals surface area (Å²) in [6, 6.07) is 45.8. The Morgan fingerprint density at radius 1 is 0.426 bits per heavy atom. The highest BCUT2D eigenvalue weighted by atomic mass is 79.9. The van der Waals surface area contributed by atoms with Gasteiger partial charge in [0.1, 0.15) is 11.6 Å². The van der Waals surface area contributed by atoms with E-state index in [-0.39, 0.29) is 11.4 Å². The zero-order valence-electron chi connectivity index (χ0n) is 28.0. The van der Waals surface area contributed by atoms with Crippen molar-refractivity contribution in [2.75, 3.05) is 0 Å². The number of halogens is 2. The Morgan fingerprint density at radius 2 is 0.759 bits per heavy atom. The van der Waals surface area contributed by atoms with Crippen molar-refractivity contribution in [3.63, 3.8) is 0 Å². The maximum Gasteiger partial charge on any atom is 0.284 e. The van der Waals surface area contributed by atoms with Gasteiger partial charge in [0.15, 0.2) is 0 Å². The number of nitrogens with zero attached hydrogens (tertiary/aromatic N) is 4. The Balaban J connectivity index is 1.13. The maximum absolute atomic E-state index is 11.6. The van der Waals surface area contributed by atoms with Crippen molar-refractivity contribution in [2.24, 2.45) is 0 Å². The third kappa shape index (κ3) is 6.75. The molecular weight excluding hydrogens is 812 g/mol. The molecule has 0 spiro atoms. The van der Waals surface area contributed by atoms with E-state index >= 15 is 0 Å². The summed E-state index contributed by atoms with van der Waals surface area (Å²) in [5.41, 5.74) is 9.82. The van der Waals surface area contributed by atoms with E-state index in [1.807, 2.05) is 109 Å². The van der Waals surface area contributed by atoms with Crippen molar-refractivity contribution in [1.29, 1.82) is 0 Å². The fourth-order valence-electron chi connectivity index (χ4n) is 6.31. The Hall–Kier alpha value is -6.50. The first kappa shape index (κ1) is 34.6. The number of hydrogen-bond acceptors (Lipinski definition) is 6. The second-order valence-corrected chi connectivity index (χ2v) is 14.1. The maximum atomic E-state index is 11.6. The van der Waals surface area contributed by atoms with Crippen LogP contribution in [0.25, 0.3) is 78.9 Å². The lowest BCUT2D eigenvalue weighted by Crippen LogP contribution is -1.91. The minimum absolute atomic E-state index is 0.0396. The quantitative estimate of drug-likeness (QED) is 0.109. The van der Waals surface area contributed by atoms with E-state index in [0.717, 1.165) is 56.2 Å². The summed E-state index contributed by atoms with van der Waals surface area (Å²) in [6.45, 7) is 0. The number of aromatic nitrogens is 4. The lowest BCUT2D eigenvalue weighted by atomic mass is 9.98. The number of rotatable bonds is 9. The SMILES string of the molecule is O=[N+]([O-])c1cc(-c2nc(-c3ccc(-c4ccc(-c5[nH]c(-c6ccc(Br)c([N+](=O)[O-])c6)nc5-c5ccccc5)cc4)cc3)c(-c3ccccc3)[nH]2)ccc1Br. The van der Waals surface area contributed by atoms with Crippen LogP contribution < -0.4 is 0 Å². The van der Waals surface area contributed by atoms with E-state index < -0.39 is 9.85 Å². The highest BCUT2D eigenvalue weighted by Gasteiger charge is 2.21. The summed E-state index contributed by atoms with van der Waals surface area (Å²) in [5.74, 6) is 1.04. The monoisotopic (exact) mass is 836 g/mol. The van der Waals surface area contributed by atoms with E-state index in [4.69, 9.17) is 9.97 Å². The number of nitro groups is 2. The molecule has 262 valence electrons. The Morgan fingerprint density at radius 3 is 1.19 bits per heavy atom.